The van der Waals surface area contributed by atoms with Gasteiger partial charge in [-0.25, -0.2) is 4.68 Å². The molecule has 1 aromatic carbocycles. The van der Waals surface area contributed by atoms with Crippen LogP contribution >= 0.6 is 35.6 Å². The maximum absolute atomic E-state index is 12.2. The van der Waals surface area contributed by atoms with Gasteiger partial charge in [0.05, 0.1) is 16.5 Å². The number of nitrogens with zero attached hydrogens (tertiary/aromatic N) is 3. The first-order valence-electron chi connectivity index (χ1n) is 7.88. The van der Waals surface area contributed by atoms with Gasteiger partial charge < -0.3 is 5.32 Å². The number of hydrogen-bond donors (Lipinski definition) is 2. The summed E-state index contributed by atoms with van der Waals surface area (Å²) in [6.45, 7) is 1.95. The minimum atomic E-state index is -0.166. The predicted molar refractivity (Wildman–Crippen MR) is 102 cm³/mol. The zero-order chi connectivity index (χ0) is 17.1. The molecule has 1 fully saturated rings. The van der Waals surface area contributed by atoms with Crippen molar-refractivity contribution in [2.45, 2.75) is 25.2 Å². The molecule has 0 atom stereocenters. The standard InChI is InChI=1S/C16H19Cl2N5O.ClH/c1-23-16(21-15(22-23)11-4-6-19-7-5-11)20-14(24)9-10-2-3-12(17)13(18)8-10;/h2-3,8,11,19H,4-7,9H2,1H3,(H,20,21,22,24);1H. The van der Waals surface area contributed by atoms with Gasteiger partial charge in [-0.05, 0) is 43.6 Å². The summed E-state index contributed by atoms with van der Waals surface area (Å²) < 4.78 is 1.62. The van der Waals surface area contributed by atoms with E-state index in [4.69, 9.17) is 23.2 Å². The smallest absolute Gasteiger partial charge is 0.231 e. The number of halogens is 3. The highest BCUT2D eigenvalue weighted by Crippen LogP contribution is 2.24. The van der Waals surface area contributed by atoms with Crippen LogP contribution in [0.15, 0.2) is 18.2 Å². The molecule has 1 amide bonds. The molecule has 0 bridgehead atoms. The molecule has 0 unspecified atom stereocenters. The van der Waals surface area contributed by atoms with Crippen LogP contribution in [0.5, 0.6) is 0 Å². The van der Waals surface area contributed by atoms with E-state index in [1.54, 1.807) is 29.9 Å². The Labute approximate surface area is 162 Å². The van der Waals surface area contributed by atoms with Crippen LogP contribution in [0.3, 0.4) is 0 Å². The van der Waals surface area contributed by atoms with E-state index in [0.717, 1.165) is 37.3 Å². The third-order valence-corrected chi connectivity index (χ3v) is 4.82. The fourth-order valence-electron chi connectivity index (χ4n) is 2.77. The first-order valence-corrected chi connectivity index (χ1v) is 8.64. The summed E-state index contributed by atoms with van der Waals surface area (Å²) in [5.41, 5.74) is 0.794. The summed E-state index contributed by atoms with van der Waals surface area (Å²) in [5, 5.41) is 11.5. The van der Waals surface area contributed by atoms with Gasteiger partial charge >= 0.3 is 0 Å². The van der Waals surface area contributed by atoms with Gasteiger partial charge in [-0.2, -0.15) is 10.1 Å². The van der Waals surface area contributed by atoms with Crippen molar-refractivity contribution >= 4 is 47.5 Å². The van der Waals surface area contributed by atoms with Gasteiger partial charge in [0.1, 0.15) is 0 Å². The number of hydrogen-bond acceptors (Lipinski definition) is 4. The number of piperidine rings is 1. The monoisotopic (exact) mass is 403 g/mol. The Balaban J connectivity index is 0.00000225. The van der Waals surface area contributed by atoms with Gasteiger partial charge in [-0.15, -0.1) is 12.4 Å². The average Bonchev–Trinajstić information content (AvgIpc) is 2.93. The minimum Gasteiger partial charge on any atom is -0.317 e. The van der Waals surface area contributed by atoms with E-state index in [-0.39, 0.29) is 24.7 Å². The summed E-state index contributed by atoms with van der Waals surface area (Å²) >= 11 is 11.9. The lowest BCUT2D eigenvalue weighted by Gasteiger charge is -2.19. The Morgan fingerprint density at radius 1 is 1.32 bits per heavy atom. The first-order chi connectivity index (χ1) is 11.5. The number of carbonyl (C=O) groups excluding carboxylic acids is 1. The highest BCUT2D eigenvalue weighted by Gasteiger charge is 2.21. The molecule has 0 saturated carbocycles. The molecule has 6 nitrogen and oxygen atoms in total. The minimum absolute atomic E-state index is 0. The van der Waals surface area contributed by atoms with Crippen LogP contribution in [0.1, 0.15) is 30.1 Å². The van der Waals surface area contributed by atoms with Gasteiger partial charge in [-0.1, -0.05) is 29.3 Å². The maximum Gasteiger partial charge on any atom is 0.231 e. The zero-order valence-electron chi connectivity index (χ0n) is 13.8. The molecule has 136 valence electrons. The van der Waals surface area contributed by atoms with Crippen molar-refractivity contribution in [1.82, 2.24) is 20.1 Å². The highest BCUT2D eigenvalue weighted by molar-refractivity contribution is 6.42. The Kier molecular flexibility index (Phi) is 7.07. The fourth-order valence-corrected chi connectivity index (χ4v) is 3.09. The second-order valence-corrected chi connectivity index (χ2v) is 6.73. The Morgan fingerprint density at radius 3 is 2.72 bits per heavy atom. The second kappa shape index (κ2) is 8.85. The van der Waals surface area contributed by atoms with E-state index in [9.17, 15) is 4.79 Å². The Morgan fingerprint density at radius 2 is 2.04 bits per heavy atom. The average molecular weight is 405 g/mol. The van der Waals surface area contributed by atoms with E-state index in [0.29, 0.717) is 21.9 Å². The van der Waals surface area contributed by atoms with Crippen molar-refractivity contribution in [3.8, 4) is 0 Å². The quantitative estimate of drug-likeness (QED) is 0.821. The number of benzene rings is 1. The molecule has 25 heavy (non-hydrogen) atoms. The first kappa shape index (κ1) is 20.0. The third-order valence-electron chi connectivity index (χ3n) is 4.08. The summed E-state index contributed by atoms with van der Waals surface area (Å²) in [4.78, 5) is 16.7. The van der Waals surface area contributed by atoms with Crippen molar-refractivity contribution in [1.29, 1.82) is 0 Å². The summed E-state index contributed by atoms with van der Waals surface area (Å²) in [7, 11) is 1.78. The highest BCUT2D eigenvalue weighted by atomic mass is 35.5. The summed E-state index contributed by atoms with van der Waals surface area (Å²) in [6, 6.07) is 5.16. The molecule has 9 heteroatoms. The molecule has 2 heterocycles. The molecule has 0 aliphatic carbocycles. The van der Waals surface area contributed by atoms with E-state index in [1.165, 1.54) is 0 Å². The van der Waals surface area contributed by atoms with E-state index in [1.807, 2.05) is 0 Å². The van der Waals surface area contributed by atoms with Crippen LogP contribution in [0.25, 0.3) is 0 Å². The Hall–Kier alpha value is -1.34. The van der Waals surface area contributed by atoms with Gasteiger partial charge in [-0.3, -0.25) is 10.1 Å². The number of rotatable bonds is 4. The van der Waals surface area contributed by atoms with Crippen LogP contribution in [0.2, 0.25) is 10.0 Å². The van der Waals surface area contributed by atoms with E-state index in [2.05, 4.69) is 20.7 Å². The van der Waals surface area contributed by atoms with Crippen LogP contribution in [-0.2, 0) is 18.3 Å². The predicted octanol–water partition coefficient (Wildman–Crippen LogP) is 3.19. The number of amides is 1. The molecular formula is C16H20Cl3N5O. The molecule has 3 rings (SSSR count). The molecule has 1 aromatic heterocycles. The molecule has 0 radical (unpaired) electrons. The van der Waals surface area contributed by atoms with Crippen molar-refractivity contribution in [2.75, 3.05) is 18.4 Å². The lowest BCUT2D eigenvalue weighted by Crippen LogP contribution is -2.27. The summed E-state index contributed by atoms with van der Waals surface area (Å²) in [5.74, 6) is 1.44. The largest absolute Gasteiger partial charge is 0.317 e. The van der Waals surface area contributed by atoms with Gasteiger partial charge in [0.2, 0.25) is 11.9 Å². The molecule has 1 aliphatic heterocycles. The van der Waals surface area contributed by atoms with Crippen molar-refractivity contribution < 1.29 is 4.79 Å². The summed E-state index contributed by atoms with van der Waals surface area (Å²) in [6.07, 6.45) is 2.23. The Bertz CT molecular complexity index is 743. The number of aryl methyl sites for hydroxylation is 1. The van der Waals surface area contributed by atoms with Gasteiger partial charge in [0.25, 0.3) is 0 Å². The number of aromatic nitrogens is 3. The van der Waals surface area contributed by atoms with Gasteiger partial charge in [0, 0.05) is 13.0 Å². The van der Waals surface area contributed by atoms with Crippen LogP contribution in [0, 0.1) is 0 Å². The zero-order valence-corrected chi connectivity index (χ0v) is 16.1. The molecule has 2 aromatic rings. The van der Waals surface area contributed by atoms with Crippen LogP contribution in [-0.4, -0.2) is 33.8 Å². The molecule has 0 spiro atoms. The lowest BCUT2D eigenvalue weighted by molar-refractivity contribution is -0.115. The topological polar surface area (TPSA) is 71.8 Å². The number of anilines is 1. The molecular weight excluding hydrogens is 385 g/mol. The lowest BCUT2D eigenvalue weighted by atomic mass is 9.98. The number of nitrogens with one attached hydrogen (secondary N) is 2. The van der Waals surface area contributed by atoms with Crippen molar-refractivity contribution in [2.24, 2.45) is 7.05 Å². The molecule has 2 N–H and O–H groups in total. The van der Waals surface area contributed by atoms with Gasteiger partial charge in [0.15, 0.2) is 5.82 Å². The van der Waals surface area contributed by atoms with Crippen molar-refractivity contribution in [3.63, 3.8) is 0 Å². The number of carbonyl (C=O) groups is 1. The normalized spacial score (nSPS) is 14.8. The van der Waals surface area contributed by atoms with Crippen molar-refractivity contribution in [3.05, 3.63) is 39.6 Å². The molecule has 1 saturated heterocycles. The maximum atomic E-state index is 12.2. The van der Waals surface area contributed by atoms with E-state index < -0.39 is 0 Å². The fraction of sp³-hybridized carbons (Fsp3) is 0.438. The molecule has 1 aliphatic rings. The van der Waals surface area contributed by atoms with Crippen LogP contribution < -0.4 is 10.6 Å². The van der Waals surface area contributed by atoms with Crippen LogP contribution in [0.4, 0.5) is 5.95 Å². The van der Waals surface area contributed by atoms with E-state index >= 15 is 0 Å². The second-order valence-electron chi connectivity index (χ2n) is 5.91. The third kappa shape index (κ3) is 5.07. The SMILES string of the molecule is Cl.Cn1nc(C2CCNCC2)nc1NC(=O)Cc1ccc(Cl)c(Cl)c1.